The molecule has 0 radical (unpaired) electrons. The summed E-state index contributed by atoms with van der Waals surface area (Å²) in [5.74, 6) is -0.530. The number of rotatable bonds is 5. The Morgan fingerprint density at radius 1 is 1.20 bits per heavy atom. The third kappa shape index (κ3) is 4.42. The molecule has 3 aromatic rings. The topological polar surface area (TPSA) is 86.1 Å². The van der Waals surface area contributed by atoms with E-state index in [1.807, 2.05) is 0 Å². The van der Waals surface area contributed by atoms with Gasteiger partial charge in [0.05, 0.1) is 5.56 Å². The lowest BCUT2D eigenvalue weighted by atomic mass is 10.3. The maximum absolute atomic E-state index is 12.0. The van der Waals surface area contributed by atoms with Crippen molar-refractivity contribution in [3.63, 3.8) is 0 Å². The molecule has 126 valence electrons. The standard InChI is InChI=1S/C17H13ClN4O3/c18-13-3-1-4-14(9-13)21-16(23)11-25-17(24)12-5-6-15(19-10-12)22-8-2-7-20-22/h1-10H,11H2,(H,21,23). The highest BCUT2D eigenvalue weighted by molar-refractivity contribution is 6.30. The van der Waals surface area contributed by atoms with Crippen LogP contribution in [-0.4, -0.2) is 33.2 Å². The van der Waals surface area contributed by atoms with Crippen LogP contribution in [0.5, 0.6) is 0 Å². The number of carbonyl (C=O) groups excluding carboxylic acids is 2. The molecular formula is C17H13ClN4O3. The molecule has 0 spiro atoms. The summed E-state index contributed by atoms with van der Waals surface area (Å²) in [5.41, 5.74) is 0.769. The minimum Gasteiger partial charge on any atom is -0.452 e. The number of pyridine rings is 1. The average molecular weight is 357 g/mol. The monoisotopic (exact) mass is 356 g/mol. The van der Waals surface area contributed by atoms with Crippen LogP contribution in [0.4, 0.5) is 5.69 Å². The minimum absolute atomic E-state index is 0.242. The first-order valence-corrected chi connectivity index (χ1v) is 7.68. The van der Waals surface area contributed by atoms with Crippen molar-refractivity contribution in [2.24, 2.45) is 0 Å². The number of hydrogen-bond donors (Lipinski definition) is 1. The predicted molar refractivity (Wildman–Crippen MR) is 91.7 cm³/mol. The second-order valence-electron chi connectivity index (χ2n) is 4.99. The van der Waals surface area contributed by atoms with E-state index in [1.54, 1.807) is 59.5 Å². The molecule has 0 aliphatic carbocycles. The van der Waals surface area contributed by atoms with Crippen molar-refractivity contribution in [1.82, 2.24) is 14.8 Å². The Balaban J connectivity index is 1.54. The molecule has 8 heteroatoms. The van der Waals surface area contributed by atoms with E-state index in [0.717, 1.165) is 0 Å². The van der Waals surface area contributed by atoms with Gasteiger partial charge in [-0.1, -0.05) is 17.7 Å². The minimum atomic E-state index is -0.638. The lowest BCUT2D eigenvalue weighted by Gasteiger charge is -2.07. The van der Waals surface area contributed by atoms with Gasteiger partial charge in [-0.05, 0) is 36.4 Å². The van der Waals surface area contributed by atoms with E-state index in [9.17, 15) is 9.59 Å². The molecule has 0 atom stereocenters. The summed E-state index contributed by atoms with van der Waals surface area (Å²) in [4.78, 5) is 27.9. The molecule has 1 N–H and O–H groups in total. The van der Waals surface area contributed by atoms with Gasteiger partial charge in [-0.2, -0.15) is 5.10 Å². The van der Waals surface area contributed by atoms with Crippen LogP contribution in [0.25, 0.3) is 5.82 Å². The van der Waals surface area contributed by atoms with Crippen LogP contribution in [0.1, 0.15) is 10.4 Å². The number of ether oxygens (including phenoxy) is 1. The van der Waals surface area contributed by atoms with Gasteiger partial charge in [0, 0.05) is 29.3 Å². The van der Waals surface area contributed by atoms with Gasteiger partial charge in [-0.25, -0.2) is 14.5 Å². The van der Waals surface area contributed by atoms with Crippen LogP contribution < -0.4 is 5.32 Å². The van der Waals surface area contributed by atoms with Crippen molar-refractivity contribution >= 4 is 29.2 Å². The molecule has 0 aliphatic heterocycles. The van der Waals surface area contributed by atoms with E-state index in [4.69, 9.17) is 16.3 Å². The number of nitrogens with zero attached hydrogens (tertiary/aromatic N) is 3. The lowest BCUT2D eigenvalue weighted by Crippen LogP contribution is -2.21. The number of anilines is 1. The van der Waals surface area contributed by atoms with Gasteiger partial charge in [0.1, 0.15) is 0 Å². The second-order valence-corrected chi connectivity index (χ2v) is 5.43. The molecule has 2 aromatic heterocycles. The predicted octanol–water partition coefficient (Wildman–Crippen LogP) is 2.72. The molecule has 0 fully saturated rings. The second kappa shape index (κ2) is 7.59. The summed E-state index contributed by atoms with van der Waals surface area (Å²) in [6.07, 6.45) is 4.73. The number of amides is 1. The number of halogens is 1. The van der Waals surface area contributed by atoms with E-state index in [-0.39, 0.29) is 5.56 Å². The summed E-state index contributed by atoms with van der Waals surface area (Å²) in [7, 11) is 0. The van der Waals surface area contributed by atoms with Gasteiger partial charge in [-0.3, -0.25) is 4.79 Å². The van der Waals surface area contributed by atoms with Gasteiger partial charge < -0.3 is 10.1 Å². The van der Waals surface area contributed by atoms with Crippen molar-refractivity contribution in [1.29, 1.82) is 0 Å². The van der Waals surface area contributed by atoms with E-state index >= 15 is 0 Å². The molecule has 7 nitrogen and oxygen atoms in total. The molecule has 25 heavy (non-hydrogen) atoms. The Labute approximate surface area is 148 Å². The van der Waals surface area contributed by atoms with E-state index in [1.165, 1.54) is 6.20 Å². The highest BCUT2D eigenvalue weighted by atomic mass is 35.5. The number of benzene rings is 1. The number of carbonyl (C=O) groups is 2. The molecule has 0 bridgehead atoms. The maximum Gasteiger partial charge on any atom is 0.340 e. The fourth-order valence-electron chi connectivity index (χ4n) is 2.02. The summed E-state index contributed by atoms with van der Waals surface area (Å²) in [5, 5.41) is 7.13. The van der Waals surface area contributed by atoms with E-state index < -0.39 is 18.5 Å². The summed E-state index contributed by atoms with van der Waals surface area (Å²) >= 11 is 5.84. The van der Waals surface area contributed by atoms with Gasteiger partial charge in [-0.15, -0.1) is 0 Å². The Hall–Kier alpha value is -3.19. The van der Waals surface area contributed by atoms with E-state index in [0.29, 0.717) is 16.5 Å². The molecule has 0 aliphatic rings. The molecule has 0 saturated carbocycles. The zero-order valence-corrected chi connectivity index (χ0v) is 13.7. The first-order chi connectivity index (χ1) is 12.1. The van der Waals surface area contributed by atoms with Crippen LogP contribution in [0.15, 0.2) is 61.1 Å². The molecule has 1 amide bonds. The number of aromatic nitrogens is 3. The maximum atomic E-state index is 12.0. The third-order valence-electron chi connectivity index (χ3n) is 3.17. The first-order valence-electron chi connectivity index (χ1n) is 7.30. The smallest absolute Gasteiger partial charge is 0.340 e. The van der Waals surface area contributed by atoms with Gasteiger partial charge in [0.25, 0.3) is 5.91 Å². The Kier molecular flexibility index (Phi) is 5.06. The van der Waals surface area contributed by atoms with Crippen molar-refractivity contribution in [3.8, 4) is 5.82 Å². The zero-order chi connectivity index (χ0) is 17.6. The lowest BCUT2D eigenvalue weighted by molar-refractivity contribution is -0.119. The van der Waals surface area contributed by atoms with Gasteiger partial charge >= 0.3 is 5.97 Å². The fraction of sp³-hybridized carbons (Fsp3) is 0.0588. The normalized spacial score (nSPS) is 10.3. The van der Waals surface area contributed by atoms with E-state index in [2.05, 4.69) is 15.4 Å². The van der Waals surface area contributed by atoms with Crippen LogP contribution in [0.2, 0.25) is 5.02 Å². The Morgan fingerprint density at radius 3 is 2.76 bits per heavy atom. The van der Waals surface area contributed by atoms with Crippen LogP contribution >= 0.6 is 11.6 Å². The van der Waals surface area contributed by atoms with Gasteiger partial charge in [0.15, 0.2) is 12.4 Å². The van der Waals surface area contributed by atoms with Crippen LogP contribution in [0, 0.1) is 0 Å². The Bertz CT molecular complexity index is 879. The van der Waals surface area contributed by atoms with Crippen molar-refractivity contribution in [2.45, 2.75) is 0 Å². The molecule has 0 saturated heterocycles. The average Bonchev–Trinajstić information content (AvgIpc) is 3.14. The third-order valence-corrected chi connectivity index (χ3v) is 3.40. The molecule has 2 heterocycles. The largest absolute Gasteiger partial charge is 0.452 e. The molecule has 0 unspecified atom stereocenters. The SMILES string of the molecule is O=C(COC(=O)c1ccc(-n2cccn2)nc1)Nc1cccc(Cl)c1. The van der Waals surface area contributed by atoms with Crippen molar-refractivity contribution in [2.75, 3.05) is 11.9 Å². The first kappa shape index (κ1) is 16.7. The number of nitrogens with one attached hydrogen (secondary N) is 1. The summed E-state index contributed by atoms with van der Waals surface area (Å²) in [6.45, 7) is -0.410. The summed E-state index contributed by atoms with van der Waals surface area (Å²) < 4.78 is 6.54. The highest BCUT2D eigenvalue weighted by Crippen LogP contribution is 2.14. The zero-order valence-electron chi connectivity index (χ0n) is 12.9. The fourth-order valence-corrected chi connectivity index (χ4v) is 2.21. The van der Waals surface area contributed by atoms with Crippen LogP contribution in [-0.2, 0) is 9.53 Å². The van der Waals surface area contributed by atoms with Crippen LogP contribution in [0.3, 0.4) is 0 Å². The van der Waals surface area contributed by atoms with Crippen molar-refractivity contribution < 1.29 is 14.3 Å². The Morgan fingerprint density at radius 2 is 2.08 bits per heavy atom. The molecule has 3 rings (SSSR count). The van der Waals surface area contributed by atoms with Gasteiger partial charge in [0.2, 0.25) is 0 Å². The number of hydrogen-bond acceptors (Lipinski definition) is 5. The number of esters is 1. The highest BCUT2D eigenvalue weighted by Gasteiger charge is 2.11. The molecular weight excluding hydrogens is 344 g/mol. The quantitative estimate of drug-likeness (QED) is 0.710. The molecule has 1 aromatic carbocycles. The van der Waals surface area contributed by atoms with Crippen molar-refractivity contribution in [3.05, 3.63) is 71.6 Å². The summed E-state index contributed by atoms with van der Waals surface area (Å²) in [6, 6.07) is 11.6.